The quantitative estimate of drug-likeness (QED) is 0.730. The molecule has 142 valence electrons. The second-order valence-corrected chi connectivity index (χ2v) is 6.10. The molecular formula is C20H22N2O5. The van der Waals surface area contributed by atoms with Crippen LogP contribution in [0, 0.1) is 0 Å². The van der Waals surface area contributed by atoms with E-state index >= 15 is 0 Å². The van der Waals surface area contributed by atoms with E-state index in [0.717, 1.165) is 12.8 Å². The Morgan fingerprint density at radius 3 is 2.70 bits per heavy atom. The van der Waals surface area contributed by atoms with E-state index in [1.807, 2.05) is 0 Å². The zero-order valence-electron chi connectivity index (χ0n) is 15.1. The second kappa shape index (κ2) is 9.05. The van der Waals surface area contributed by atoms with Crippen LogP contribution in [0.1, 0.15) is 29.0 Å². The summed E-state index contributed by atoms with van der Waals surface area (Å²) in [6.07, 6.45) is 4.90. The first-order valence-corrected chi connectivity index (χ1v) is 8.76. The second-order valence-electron chi connectivity index (χ2n) is 6.10. The van der Waals surface area contributed by atoms with Crippen molar-refractivity contribution in [3.63, 3.8) is 0 Å². The highest BCUT2D eigenvalue weighted by Gasteiger charge is 2.19. The predicted molar refractivity (Wildman–Crippen MR) is 99.1 cm³/mol. The van der Waals surface area contributed by atoms with Gasteiger partial charge >= 0.3 is 0 Å². The van der Waals surface area contributed by atoms with Crippen molar-refractivity contribution in [2.75, 3.05) is 20.3 Å². The van der Waals surface area contributed by atoms with Gasteiger partial charge in [-0.1, -0.05) is 0 Å². The Balaban J connectivity index is 1.70. The van der Waals surface area contributed by atoms with Crippen molar-refractivity contribution in [2.24, 2.45) is 0 Å². The first kappa shape index (κ1) is 18.7. The highest BCUT2D eigenvalue weighted by Crippen LogP contribution is 2.13. The molecule has 1 fully saturated rings. The van der Waals surface area contributed by atoms with Gasteiger partial charge in [-0.15, -0.1) is 0 Å². The highest BCUT2D eigenvalue weighted by atomic mass is 16.5. The molecule has 0 saturated carbocycles. The minimum atomic E-state index is -0.400. The summed E-state index contributed by atoms with van der Waals surface area (Å²) in [6, 6.07) is 10.0. The van der Waals surface area contributed by atoms with Crippen molar-refractivity contribution in [2.45, 2.75) is 18.9 Å². The van der Waals surface area contributed by atoms with Crippen LogP contribution in [0.2, 0.25) is 0 Å². The van der Waals surface area contributed by atoms with Crippen LogP contribution in [-0.2, 0) is 9.53 Å². The standard InChI is InChI=1S/C20H22N2O5/c1-25-15-8-6-14(7-9-15)19(23)22-18(12-16-4-2-10-26-16)20(24)21-13-17-5-3-11-27-17/h2,4,6-10,12,17H,3,5,11,13H2,1H3,(H,21,24)(H,22,23)/b18-12-/t17-/m0/s1. The van der Waals surface area contributed by atoms with Crippen LogP contribution in [0.5, 0.6) is 5.75 Å². The lowest BCUT2D eigenvalue weighted by Gasteiger charge is -2.13. The van der Waals surface area contributed by atoms with Crippen LogP contribution in [0.25, 0.3) is 6.08 Å². The Labute approximate surface area is 157 Å². The van der Waals surface area contributed by atoms with Gasteiger partial charge in [-0.2, -0.15) is 0 Å². The summed E-state index contributed by atoms with van der Waals surface area (Å²) in [4.78, 5) is 25.1. The number of benzene rings is 1. The third kappa shape index (κ3) is 5.21. The number of amides is 2. The normalized spacial score (nSPS) is 16.8. The van der Waals surface area contributed by atoms with E-state index in [9.17, 15) is 9.59 Å². The molecule has 2 aromatic rings. The maximum absolute atomic E-state index is 12.6. The summed E-state index contributed by atoms with van der Waals surface area (Å²) < 4.78 is 15.9. The summed E-state index contributed by atoms with van der Waals surface area (Å²) in [7, 11) is 1.55. The lowest BCUT2D eigenvalue weighted by Crippen LogP contribution is -2.38. The Hall–Kier alpha value is -3.06. The van der Waals surface area contributed by atoms with Crippen molar-refractivity contribution >= 4 is 17.9 Å². The third-order valence-electron chi connectivity index (χ3n) is 4.19. The molecule has 27 heavy (non-hydrogen) atoms. The smallest absolute Gasteiger partial charge is 0.268 e. The minimum absolute atomic E-state index is 0.0103. The van der Waals surface area contributed by atoms with Gasteiger partial charge in [0.1, 0.15) is 17.2 Å². The highest BCUT2D eigenvalue weighted by molar-refractivity contribution is 6.05. The largest absolute Gasteiger partial charge is 0.497 e. The van der Waals surface area contributed by atoms with Crippen LogP contribution in [0.4, 0.5) is 0 Å². The van der Waals surface area contributed by atoms with Crippen molar-refractivity contribution in [3.05, 3.63) is 59.7 Å². The van der Waals surface area contributed by atoms with Gasteiger partial charge in [-0.05, 0) is 49.2 Å². The van der Waals surface area contributed by atoms with Gasteiger partial charge in [0.2, 0.25) is 0 Å². The Bertz CT molecular complexity index is 790. The fourth-order valence-corrected chi connectivity index (χ4v) is 2.72. The van der Waals surface area contributed by atoms with Gasteiger partial charge in [-0.3, -0.25) is 9.59 Å². The number of carbonyl (C=O) groups excluding carboxylic acids is 2. The van der Waals surface area contributed by atoms with E-state index in [1.54, 1.807) is 43.5 Å². The van der Waals surface area contributed by atoms with E-state index in [-0.39, 0.29) is 11.8 Å². The van der Waals surface area contributed by atoms with Gasteiger partial charge < -0.3 is 24.5 Å². The Kier molecular flexibility index (Phi) is 6.27. The number of carbonyl (C=O) groups is 2. The maximum atomic E-state index is 12.6. The van der Waals surface area contributed by atoms with Gasteiger partial charge in [0.25, 0.3) is 11.8 Å². The van der Waals surface area contributed by atoms with E-state index in [2.05, 4.69) is 10.6 Å². The molecular weight excluding hydrogens is 348 g/mol. The molecule has 7 heteroatoms. The van der Waals surface area contributed by atoms with E-state index < -0.39 is 11.8 Å². The van der Waals surface area contributed by atoms with E-state index in [1.165, 1.54) is 12.3 Å². The van der Waals surface area contributed by atoms with Gasteiger partial charge in [0.05, 0.1) is 19.5 Å². The fraction of sp³-hybridized carbons (Fsp3) is 0.300. The molecule has 2 amide bonds. The summed E-state index contributed by atoms with van der Waals surface area (Å²) in [5, 5.41) is 5.46. The molecule has 1 aliphatic rings. The molecule has 3 rings (SSSR count). The molecule has 1 atom stereocenters. The van der Waals surface area contributed by atoms with Crippen LogP contribution < -0.4 is 15.4 Å². The molecule has 2 heterocycles. The van der Waals surface area contributed by atoms with Crippen LogP contribution in [0.3, 0.4) is 0 Å². The van der Waals surface area contributed by atoms with E-state index in [4.69, 9.17) is 13.9 Å². The number of nitrogens with one attached hydrogen (secondary N) is 2. The molecule has 2 N–H and O–H groups in total. The maximum Gasteiger partial charge on any atom is 0.268 e. The SMILES string of the molecule is COc1ccc(C(=O)N/C(=C\c2ccco2)C(=O)NC[C@@H]2CCCO2)cc1. The van der Waals surface area contributed by atoms with Crippen molar-refractivity contribution in [1.29, 1.82) is 0 Å². The Morgan fingerprint density at radius 1 is 1.26 bits per heavy atom. The number of furan rings is 1. The van der Waals surface area contributed by atoms with Gasteiger partial charge in [0, 0.05) is 24.8 Å². The van der Waals surface area contributed by atoms with Crippen molar-refractivity contribution < 1.29 is 23.5 Å². The van der Waals surface area contributed by atoms with Crippen LogP contribution in [-0.4, -0.2) is 38.2 Å². The van der Waals surface area contributed by atoms with Gasteiger partial charge in [0.15, 0.2) is 0 Å². The Morgan fingerprint density at radius 2 is 2.07 bits per heavy atom. The van der Waals surface area contributed by atoms with Crippen molar-refractivity contribution in [3.8, 4) is 5.75 Å². The minimum Gasteiger partial charge on any atom is -0.497 e. The van der Waals surface area contributed by atoms with Crippen LogP contribution in [0.15, 0.2) is 52.8 Å². The monoisotopic (exact) mass is 370 g/mol. The predicted octanol–water partition coefficient (Wildman–Crippen LogP) is 2.35. The van der Waals surface area contributed by atoms with Crippen LogP contribution >= 0.6 is 0 Å². The molecule has 7 nitrogen and oxygen atoms in total. The van der Waals surface area contributed by atoms with Gasteiger partial charge in [-0.25, -0.2) is 0 Å². The lowest BCUT2D eigenvalue weighted by molar-refractivity contribution is -0.118. The molecule has 1 aliphatic heterocycles. The summed E-state index contributed by atoms with van der Waals surface area (Å²) in [5.74, 6) is 0.311. The zero-order valence-corrected chi connectivity index (χ0v) is 15.1. The molecule has 0 unspecified atom stereocenters. The summed E-state index contributed by atoms with van der Waals surface area (Å²) in [6.45, 7) is 1.11. The molecule has 0 aliphatic carbocycles. The zero-order chi connectivity index (χ0) is 19.1. The molecule has 0 radical (unpaired) electrons. The number of rotatable bonds is 7. The number of ether oxygens (including phenoxy) is 2. The first-order valence-electron chi connectivity index (χ1n) is 8.76. The average molecular weight is 370 g/mol. The molecule has 0 bridgehead atoms. The number of hydrogen-bond acceptors (Lipinski definition) is 5. The number of hydrogen-bond donors (Lipinski definition) is 2. The van der Waals surface area contributed by atoms with Crippen molar-refractivity contribution in [1.82, 2.24) is 10.6 Å². The summed E-state index contributed by atoms with van der Waals surface area (Å²) in [5.41, 5.74) is 0.511. The van der Waals surface area contributed by atoms with E-state index in [0.29, 0.717) is 30.2 Å². The fourth-order valence-electron chi connectivity index (χ4n) is 2.72. The molecule has 1 aromatic carbocycles. The first-order chi connectivity index (χ1) is 13.2. The third-order valence-corrected chi connectivity index (χ3v) is 4.19. The average Bonchev–Trinajstić information content (AvgIpc) is 3.39. The topological polar surface area (TPSA) is 89.8 Å². The molecule has 0 spiro atoms. The molecule has 1 aromatic heterocycles. The lowest BCUT2D eigenvalue weighted by atomic mass is 10.2. The number of methoxy groups -OCH3 is 1. The summed E-state index contributed by atoms with van der Waals surface area (Å²) >= 11 is 0. The molecule has 1 saturated heterocycles.